The lowest BCUT2D eigenvalue weighted by Crippen LogP contribution is -2.23. The van der Waals surface area contributed by atoms with Crippen molar-refractivity contribution in [1.82, 2.24) is 9.97 Å². The Morgan fingerprint density at radius 2 is 0.844 bits per heavy atom. The Morgan fingerprint density at radius 3 is 1.26 bits per heavy atom. The Morgan fingerprint density at radius 1 is 0.459 bits per heavy atom. The van der Waals surface area contributed by atoms with Crippen LogP contribution in [0.5, 0.6) is 0 Å². The summed E-state index contributed by atoms with van der Waals surface area (Å²) in [6, 6.07) is 48.1. The molecule has 11 N–H and O–H groups in total. The second-order valence-corrected chi connectivity index (χ2v) is 37.1. The first-order valence-corrected chi connectivity index (χ1v) is 49.8. The average molecular weight is 1850 g/mol. The number of nitrogens with two attached hydrogens (primary N) is 1. The summed E-state index contributed by atoms with van der Waals surface area (Å²) in [6.07, 6.45) is 46.8. The van der Waals surface area contributed by atoms with Crippen molar-refractivity contribution in [2.45, 2.75) is 343 Å². The number of aliphatic carboxylic acids is 1. The van der Waals surface area contributed by atoms with Crippen LogP contribution in [0.2, 0.25) is 0 Å². The number of rotatable bonds is 63. The molecule has 1 aliphatic heterocycles. The number of carbonyl (C=O) groups is 7. The molecule has 2 heterocycles. The van der Waals surface area contributed by atoms with Crippen LogP contribution in [-0.4, -0.2) is 80.0 Å². The van der Waals surface area contributed by atoms with Crippen LogP contribution in [0, 0.1) is 45.3 Å². The summed E-state index contributed by atoms with van der Waals surface area (Å²) in [5.41, 5.74) is 10.6. The summed E-state index contributed by atoms with van der Waals surface area (Å²) in [5.74, 6) is -3.93. The molecule has 6 aromatic carbocycles. The van der Waals surface area contributed by atoms with Crippen LogP contribution in [-0.2, 0) is 49.5 Å². The quantitative estimate of drug-likeness (QED) is 0.00423. The predicted octanol–water partition coefficient (Wildman–Crippen LogP) is 28.1. The highest BCUT2D eigenvalue weighted by atomic mass is 16.5. The third kappa shape index (κ3) is 45.7. The van der Waals surface area contributed by atoms with Gasteiger partial charge in [0.2, 0.25) is 11.8 Å². The van der Waals surface area contributed by atoms with Gasteiger partial charge in [-0.15, -0.1) is 10.2 Å². The molecule has 6 atom stereocenters. The molecule has 0 saturated carbocycles. The van der Waals surface area contributed by atoms with Crippen molar-refractivity contribution in [1.29, 1.82) is 10.5 Å². The summed E-state index contributed by atoms with van der Waals surface area (Å²) >= 11 is 0. The van der Waals surface area contributed by atoms with E-state index in [4.69, 9.17) is 20.3 Å². The van der Waals surface area contributed by atoms with Crippen LogP contribution < -0.4 is 32.7 Å². The van der Waals surface area contributed by atoms with E-state index < -0.39 is 28.6 Å². The number of nitrogens with one attached hydrogen (secondary N) is 6. The highest BCUT2D eigenvalue weighted by Crippen LogP contribution is 2.41. The molecule has 8 rings (SSSR count). The SMILES string of the molecule is CC(O)=C(N=Nc1ccc2c(c1)NC(=O)C2)C(=O)Nc1cccc(N)c1.CCCCCCCCCCCCCCCCCCOC(=O)C(C)CCC(CC(C)(C#N)CCC(=O)Nc1cccc(NC(=O)C(N=Nc2ccc3[nH]c(=O)[nH]c3c2)=C(C)O)c1)c1ccccc1.CCCCCCCCCCCCCCCCCCOC(=O)C(C)CCC(CC(C)(C#N)CCC(=O)O)c1ccccc1. The minimum Gasteiger partial charge on any atom is -0.510 e. The number of aromatic amines is 2. The summed E-state index contributed by atoms with van der Waals surface area (Å²) < 4.78 is 11.3. The highest BCUT2D eigenvalue weighted by molar-refractivity contribution is 6.05. The van der Waals surface area contributed by atoms with E-state index in [1.54, 1.807) is 84.9 Å². The van der Waals surface area contributed by atoms with Gasteiger partial charge in [-0.25, -0.2) is 4.79 Å². The summed E-state index contributed by atoms with van der Waals surface area (Å²) in [5, 5.41) is 76.1. The molecule has 0 saturated heterocycles. The number of hydrogen-bond acceptors (Lipinski definition) is 19. The van der Waals surface area contributed by atoms with Crippen LogP contribution >= 0.6 is 0 Å². The number of carboxylic acids is 1. The minimum atomic E-state index is -0.881. The van der Waals surface area contributed by atoms with Gasteiger partial charge in [0.05, 0.1) is 76.8 Å². The second kappa shape index (κ2) is 64.0. The number of nitriles is 2. The fraction of sp³-hybridized carbons (Fsp3) is 0.541. The standard InChI is InChI=1S/C54H75N7O6.C37H61NO4.C18H17N5O3/c1-5-6-7-8-9-10-11-12-13-14-15-16-17-18-19-23-35-67-52(65)40(2)29-30-43(42-25-21-20-22-26-42)38-54(4,39-55)34-33-49(63)56-44-27-24-28-45(36-44)57-51(64)50(41(3)62)61-60-46-31-32-47-48(37-46)59-53(66)58-47;1-4-5-6-7-8-9-10-11-12-13-14-15-16-17-18-22-29-42-36(41)32(2)25-26-34(33-23-20-19-21-24-33)30-37(3,31-38)28-27-35(39)40;1-10(24)17(18(26)20-13-4-2-3-12(19)8-13)23-22-14-6-5-11-7-16(25)21-15(11)9-14/h20-22,24-28,31-32,36-37,40,43,62H,5-19,23,29-30,33-35,38H2,1-4H3,(H,56,63)(H,57,64)(H2,58,59,66);19-21,23-24,32,34H,4-18,22,25-30H2,1-3H3,(H,39,40);2-6,8-9,24H,7,19H2,1H3,(H,20,26)(H,21,25). The van der Waals surface area contributed by atoms with Gasteiger partial charge in [-0.05, 0) is 187 Å². The highest BCUT2D eigenvalue weighted by Gasteiger charge is 2.33. The Hall–Kier alpha value is -12.1. The van der Waals surface area contributed by atoms with Crippen molar-refractivity contribution in [3.63, 3.8) is 0 Å². The number of ether oxygens (including phenoxy) is 2. The zero-order chi connectivity index (χ0) is 97.9. The maximum atomic E-state index is 13.3. The third-order valence-electron chi connectivity index (χ3n) is 24.9. The van der Waals surface area contributed by atoms with Crippen LogP contribution in [0.3, 0.4) is 0 Å². The van der Waals surface area contributed by atoms with E-state index in [1.807, 2.05) is 64.1 Å². The number of nitrogens with zero attached hydrogens (tertiary/aromatic N) is 6. The van der Waals surface area contributed by atoms with Crippen LogP contribution in [0.1, 0.15) is 354 Å². The number of hydrogen-bond donors (Lipinski definition) is 10. The van der Waals surface area contributed by atoms with E-state index in [0.29, 0.717) is 115 Å². The van der Waals surface area contributed by atoms with Gasteiger partial charge in [0.25, 0.3) is 11.8 Å². The molecular formula is C109H153N13O13. The number of anilines is 5. The number of allylic oxidation sites excluding steroid dienone is 2. The van der Waals surface area contributed by atoms with E-state index in [9.17, 15) is 59.1 Å². The molecule has 0 fully saturated rings. The molecule has 0 bridgehead atoms. The Bertz CT molecular complexity index is 5020. The van der Waals surface area contributed by atoms with E-state index >= 15 is 0 Å². The molecule has 4 amide bonds. The van der Waals surface area contributed by atoms with Gasteiger partial charge >= 0.3 is 23.6 Å². The summed E-state index contributed by atoms with van der Waals surface area (Å²) in [6.45, 7) is 15.7. The molecule has 26 nitrogen and oxygen atoms in total. The number of aromatic nitrogens is 2. The molecular weight excluding hydrogens is 1700 g/mol. The molecule has 135 heavy (non-hydrogen) atoms. The van der Waals surface area contributed by atoms with Gasteiger partial charge in [0, 0.05) is 41.3 Å². The Kier molecular flexibility index (Phi) is 52.9. The molecule has 1 aliphatic rings. The average Bonchev–Trinajstić information content (AvgIpc) is 1.67. The van der Waals surface area contributed by atoms with Crippen molar-refractivity contribution in [2.75, 3.05) is 40.2 Å². The first kappa shape index (κ1) is 112. The number of nitrogen functional groups attached to an aromatic ring is 1. The van der Waals surface area contributed by atoms with E-state index in [1.165, 1.54) is 194 Å². The smallest absolute Gasteiger partial charge is 0.323 e. The van der Waals surface area contributed by atoms with E-state index in [-0.39, 0.29) is 88.9 Å². The van der Waals surface area contributed by atoms with Gasteiger partial charge in [0.1, 0.15) is 11.5 Å². The number of carboxylic acid groups (broad SMARTS) is 1. The lowest BCUT2D eigenvalue weighted by molar-refractivity contribution is -0.149. The molecule has 7 aromatic rings. The van der Waals surface area contributed by atoms with E-state index in [0.717, 1.165) is 48.8 Å². The zero-order valence-electron chi connectivity index (χ0n) is 81.7. The molecule has 26 heteroatoms. The number of carbonyl (C=O) groups excluding carboxylic acids is 6. The van der Waals surface area contributed by atoms with Crippen LogP contribution in [0.25, 0.3) is 11.0 Å². The number of esters is 2. The minimum absolute atomic E-state index is 0.000749. The number of azo groups is 2. The van der Waals surface area contributed by atoms with Gasteiger partial charge < -0.3 is 61.8 Å². The predicted molar refractivity (Wildman–Crippen MR) is 540 cm³/mol. The number of aliphatic hydroxyl groups is 2. The van der Waals surface area contributed by atoms with Gasteiger partial charge in [0.15, 0.2) is 11.4 Å². The number of imidazole rings is 1. The summed E-state index contributed by atoms with van der Waals surface area (Å²) in [4.78, 5) is 104. The molecule has 0 spiro atoms. The molecule has 6 unspecified atom stereocenters. The maximum Gasteiger partial charge on any atom is 0.323 e. The van der Waals surface area contributed by atoms with Gasteiger partial charge in [-0.2, -0.15) is 20.8 Å². The third-order valence-corrected chi connectivity index (χ3v) is 24.9. The zero-order valence-corrected chi connectivity index (χ0v) is 81.7. The Labute approximate surface area is 801 Å². The van der Waals surface area contributed by atoms with Crippen molar-refractivity contribution >= 4 is 92.4 Å². The maximum absolute atomic E-state index is 13.3. The number of benzene rings is 6. The normalized spacial score (nSPS) is 13.8. The molecule has 732 valence electrons. The topological polar surface area (TPSA) is 418 Å². The van der Waals surface area contributed by atoms with Crippen molar-refractivity contribution in [2.24, 2.45) is 43.1 Å². The van der Waals surface area contributed by atoms with Crippen LogP contribution in [0.15, 0.2) is 194 Å². The molecule has 1 aromatic heterocycles. The lowest BCUT2D eigenvalue weighted by atomic mass is 9.74. The number of amides is 4. The van der Waals surface area contributed by atoms with Gasteiger partial charge in [-0.3, -0.25) is 33.6 Å². The second-order valence-electron chi connectivity index (χ2n) is 37.1. The van der Waals surface area contributed by atoms with Crippen molar-refractivity contribution < 1.29 is 58.4 Å². The van der Waals surface area contributed by atoms with Crippen LogP contribution in [0.4, 0.5) is 39.8 Å². The first-order valence-electron chi connectivity index (χ1n) is 49.8. The van der Waals surface area contributed by atoms with Gasteiger partial charge in [-0.1, -0.05) is 299 Å². The van der Waals surface area contributed by atoms with Crippen molar-refractivity contribution in [3.8, 4) is 12.1 Å². The van der Waals surface area contributed by atoms with E-state index in [2.05, 4.69) is 102 Å². The van der Waals surface area contributed by atoms with Crippen molar-refractivity contribution in [3.05, 3.63) is 196 Å². The fourth-order valence-electron chi connectivity index (χ4n) is 16.6. The number of fused-ring (bicyclic) bond motifs is 2. The number of unbranched alkanes of at least 4 members (excludes halogenated alkanes) is 30. The lowest BCUT2D eigenvalue weighted by Gasteiger charge is -2.28. The fourth-order valence-corrected chi connectivity index (χ4v) is 16.6. The summed E-state index contributed by atoms with van der Waals surface area (Å²) in [7, 11) is 0. The number of H-pyrrole nitrogens is 2. The number of aliphatic hydroxyl groups excluding tert-OH is 2. The Balaban J connectivity index is 0.000000348. The molecule has 0 radical (unpaired) electrons. The largest absolute Gasteiger partial charge is 0.510 e. The monoisotopic (exact) mass is 1850 g/mol. The first-order chi connectivity index (χ1) is 65.1. The molecule has 0 aliphatic carbocycles.